The molecule has 2 unspecified atom stereocenters. The van der Waals surface area contributed by atoms with Crippen molar-refractivity contribution in [2.24, 2.45) is 0 Å². The van der Waals surface area contributed by atoms with Crippen LogP contribution in [0, 0.1) is 0 Å². The van der Waals surface area contributed by atoms with E-state index in [4.69, 9.17) is 25.6 Å². The van der Waals surface area contributed by atoms with Gasteiger partial charge in [0.2, 0.25) is 17.6 Å². The molecule has 1 amide bonds. The second-order valence-corrected chi connectivity index (χ2v) is 7.64. The Morgan fingerprint density at radius 3 is 2.57 bits per heavy atom. The fraction of sp³-hybridized carbons (Fsp3) is 0.318. The van der Waals surface area contributed by atoms with Crippen molar-refractivity contribution >= 4 is 17.5 Å². The highest BCUT2D eigenvalue weighted by Crippen LogP contribution is 2.36. The molecule has 0 N–H and O–H groups in total. The summed E-state index contributed by atoms with van der Waals surface area (Å²) in [5.74, 6) is 2.15. The largest absolute Gasteiger partial charge is 0.493 e. The van der Waals surface area contributed by atoms with Crippen molar-refractivity contribution in [3.05, 3.63) is 58.9 Å². The Morgan fingerprint density at radius 2 is 1.87 bits per heavy atom. The smallest absolute Gasteiger partial charge is 0.232 e. The SMILES string of the molecule is COc1ccc(C(C)N2CC(c3nc(-c4ccc(Cl)cc4)no3)CC2=O)cc1OC. The quantitative estimate of drug-likeness (QED) is 0.577. The minimum absolute atomic E-state index is 0.0496. The number of likely N-dealkylation sites (tertiary alicyclic amines) is 1. The number of nitrogens with zero attached hydrogens (tertiary/aromatic N) is 3. The second-order valence-electron chi connectivity index (χ2n) is 7.20. The van der Waals surface area contributed by atoms with Crippen LogP contribution in [0.4, 0.5) is 0 Å². The predicted molar refractivity (Wildman–Crippen MR) is 112 cm³/mol. The van der Waals surface area contributed by atoms with Crippen LogP contribution in [0.2, 0.25) is 5.02 Å². The van der Waals surface area contributed by atoms with Crippen LogP contribution in [0.3, 0.4) is 0 Å². The van der Waals surface area contributed by atoms with Crippen LogP contribution in [0.5, 0.6) is 11.5 Å². The average Bonchev–Trinajstić information content (AvgIpc) is 3.40. The molecule has 1 aromatic heterocycles. The van der Waals surface area contributed by atoms with Gasteiger partial charge in [0.25, 0.3) is 0 Å². The van der Waals surface area contributed by atoms with E-state index in [1.807, 2.05) is 42.2 Å². The van der Waals surface area contributed by atoms with E-state index in [9.17, 15) is 4.79 Å². The Labute approximate surface area is 179 Å². The number of hydrogen-bond donors (Lipinski definition) is 0. The summed E-state index contributed by atoms with van der Waals surface area (Å²) in [7, 11) is 3.19. The van der Waals surface area contributed by atoms with Gasteiger partial charge in [-0.05, 0) is 48.9 Å². The molecule has 1 aliphatic rings. The molecule has 1 saturated heterocycles. The van der Waals surface area contributed by atoms with Gasteiger partial charge in [0, 0.05) is 23.6 Å². The summed E-state index contributed by atoms with van der Waals surface area (Å²) in [5, 5.41) is 4.71. The van der Waals surface area contributed by atoms with Gasteiger partial charge in [0.15, 0.2) is 11.5 Å². The van der Waals surface area contributed by atoms with Gasteiger partial charge in [-0.15, -0.1) is 0 Å². The fourth-order valence-corrected chi connectivity index (χ4v) is 3.81. The van der Waals surface area contributed by atoms with E-state index in [0.29, 0.717) is 41.2 Å². The van der Waals surface area contributed by atoms with E-state index in [-0.39, 0.29) is 17.9 Å². The predicted octanol–water partition coefficient (Wildman–Crippen LogP) is 4.48. The summed E-state index contributed by atoms with van der Waals surface area (Å²) in [4.78, 5) is 19.1. The molecule has 3 aromatic rings. The van der Waals surface area contributed by atoms with E-state index in [1.165, 1.54) is 0 Å². The molecule has 0 spiro atoms. The van der Waals surface area contributed by atoms with E-state index in [1.54, 1.807) is 26.4 Å². The summed E-state index contributed by atoms with van der Waals surface area (Å²) >= 11 is 5.93. The molecule has 4 rings (SSSR count). The Morgan fingerprint density at radius 1 is 1.13 bits per heavy atom. The fourth-order valence-electron chi connectivity index (χ4n) is 3.68. The number of carbonyl (C=O) groups excluding carboxylic acids is 1. The standard InChI is InChI=1S/C22H22ClN3O4/c1-13(15-6-9-18(28-2)19(10-15)29-3)26-12-16(11-20(26)27)22-24-21(25-30-22)14-4-7-17(23)8-5-14/h4-10,13,16H,11-12H2,1-3H3. The van der Waals surface area contributed by atoms with Crippen LogP contribution in [0.15, 0.2) is 47.0 Å². The highest BCUT2D eigenvalue weighted by atomic mass is 35.5. The number of methoxy groups -OCH3 is 2. The molecule has 2 heterocycles. The van der Waals surface area contributed by atoms with Gasteiger partial charge >= 0.3 is 0 Å². The van der Waals surface area contributed by atoms with Gasteiger partial charge in [-0.2, -0.15) is 4.98 Å². The van der Waals surface area contributed by atoms with Gasteiger partial charge in [0.1, 0.15) is 0 Å². The van der Waals surface area contributed by atoms with Crippen LogP contribution in [0.25, 0.3) is 11.4 Å². The topological polar surface area (TPSA) is 77.7 Å². The number of carbonyl (C=O) groups is 1. The first-order valence-corrected chi connectivity index (χ1v) is 9.99. The molecular formula is C22H22ClN3O4. The Hall–Kier alpha value is -3.06. The highest BCUT2D eigenvalue weighted by Gasteiger charge is 2.37. The minimum Gasteiger partial charge on any atom is -0.493 e. The van der Waals surface area contributed by atoms with Crippen molar-refractivity contribution in [2.45, 2.75) is 25.3 Å². The molecule has 0 saturated carbocycles. The van der Waals surface area contributed by atoms with Crippen molar-refractivity contribution in [3.8, 4) is 22.9 Å². The van der Waals surface area contributed by atoms with Crippen LogP contribution in [-0.4, -0.2) is 41.7 Å². The molecule has 30 heavy (non-hydrogen) atoms. The maximum Gasteiger partial charge on any atom is 0.232 e. The summed E-state index contributed by atoms with van der Waals surface area (Å²) in [5.41, 5.74) is 1.78. The molecule has 1 fully saturated rings. The van der Waals surface area contributed by atoms with Crippen molar-refractivity contribution in [1.82, 2.24) is 15.0 Å². The molecule has 156 valence electrons. The molecule has 0 bridgehead atoms. The molecule has 7 nitrogen and oxygen atoms in total. The van der Waals surface area contributed by atoms with Gasteiger partial charge in [-0.3, -0.25) is 4.79 Å². The van der Waals surface area contributed by atoms with Crippen LogP contribution in [0.1, 0.15) is 36.8 Å². The highest BCUT2D eigenvalue weighted by molar-refractivity contribution is 6.30. The zero-order chi connectivity index (χ0) is 21.3. The van der Waals surface area contributed by atoms with E-state index < -0.39 is 0 Å². The molecule has 8 heteroatoms. The molecule has 1 aliphatic heterocycles. The summed E-state index contributed by atoms with van der Waals surface area (Å²) in [6.45, 7) is 2.51. The van der Waals surface area contributed by atoms with Crippen LogP contribution in [-0.2, 0) is 4.79 Å². The second kappa shape index (κ2) is 8.36. The zero-order valence-electron chi connectivity index (χ0n) is 17.0. The maximum absolute atomic E-state index is 12.7. The lowest BCUT2D eigenvalue weighted by molar-refractivity contribution is -0.129. The Balaban J connectivity index is 1.51. The van der Waals surface area contributed by atoms with Crippen LogP contribution < -0.4 is 9.47 Å². The lowest BCUT2D eigenvalue weighted by atomic mass is 10.1. The first-order valence-electron chi connectivity index (χ1n) is 9.61. The number of halogens is 1. The number of hydrogen-bond acceptors (Lipinski definition) is 6. The maximum atomic E-state index is 12.7. The van der Waals surface area contributed by atoms with E-state index in [0.717, 1.165) is 11.1 Å². The van der Waals surface area contributed by atoms with Gasteiger partial charge in [0.05, 0.1) is 26.2 Å². The van der Waals surface area contributed by atoms with E-state index >= 15 is 0 Å². The van der Waals surface area contributed by atoms with Gasteiger partial charge in [-0.1, -0.05) is 22.8 Å². The number of ether oxygens (including phenoxy) is 2. The van der Waals surface area contributed by atoms with Crippen molar-refractivity contribution in [1.29, 1.82) is 0 Å². The number of aromatic nitrogens is 2. The summed E-state index contributed by atoms with van der Waals surface area (Å²) in [6.07, 6.45) is 0.333. The average molecular weight is 428 g/mol. The molecular weight excluding hydrogens is 406 g/mol. The Kier molecular flexibility index (Phi) is 5.63. The lowest BCUT2D eigenvalue weighted by Crippen LogP contribution is -2.28. The normalized spacial score (nSPS) is 17.3. The first-order chi connectivity index (χ1) is 14.5. The van der Waals surface area contributed by atoms with Gasteiger partial charge in [-0.25, -0.2) is 0 Å². The van der Waals surface area contributed by atoms with Crippen LogP contribution >= 0.6 is 11.6 Å². The third-order valence-corrected chi connectivity index (χ3v) is 5.66. The van der Waals surface area contributed by atoms with Crippen molar-refractivity contribution in [2.75, 3.05) is 20.8 Å². The summed E-state index contributed by atoms with van der Waals surface area (Å²) < 4.78 is 16.2. The third kappa shape index (κ3) is 3.85. The van der Waals surface area contributed by atoms with Crippen molar-refractivity contribution in [3.63, 3.8) is 0 Å². The van der Waals surface area contributed by atoms with Gasteiger partial charge < -0.3 is 18.9 Å². The molecule has 2 atom stereocenters. The Bertz CT molecular complexity index is 1050. The van der Waals surface area contributed by atoms with E-state index in [2.05, 4.69) is 10.1 Å². The number of benzene rings is 2. The monoisotopic (exact) mass is 427 g/mol. The number of amides is 1. The molecule has 2 aromatic carbocycles. The first kappa shape index (κ1) is 20.2. The lowest BCUT2D eigenvalue weighted by Gasteiger charge is -2.25. The molecule has 0 radical (unpaired) electrons. The zero-order valence-corrected chi connectivity index (χ0v) is 17.7. The summed E-state index contributed by atoms with van der Waals surface area (Å²) in [6, 6.07) is 12.8. The molecule has 0 aliphatic carbocycles. The van der Waals surface area contributed by atoms with Crippen molar-refractivity contribution < 1.29 is 18.8 Å². The number of rotatable bonds is 6. The third-order valence-electron chi connectivity index (χ3n) is 5.41. The minimum atomic E-state index is -0.145.